The van der Waals surface area contributed by atoms with Crippen LogP contribution in [0.2, 0.25) is 0 Å². The van der Waals surface area contributed by atoms with E-state index >= 15 is 0 Å². The van der Waals surface area contributed by atoms with Crippen molar-refractivity contribution in [2.45, 2.75) is 32.4 Å². The fourth-order valence-corrected chi connectivity index (χ4v) is 3.54. The highest BCUT2D eigenvalue weighted by Crippen LogP contribution is 2.28. The number of nitrogens with one attached hydrogen (secondary N) is 2. The topological polar surface area (TPSA) is 63.5 Å². The molecule has 2 aromatic carbocycles. The van der Waals surface area contributed by atoms with Crippen LogP contribution in [0.15, 0.2) is 59.9 Å². The number of benzene rings is 2. The fraction of sp³-hybridized carbons (Fsp3) is 0.364. The zero-order valence-electron chi connectivity index (χ0n) is 16.3. The van der Waals surface area contributed by atoms with E-state index in [1.807, 2.05) is 30.6 Å². The first-order valence-corrected chi connectivity index (χ1v) is 10.00. The maximum atomic E-state index is 5.98. The molecule has 1 atom stereocenters. The summed E-state index contributed by atoms with van der Waals surface area (Å²) in [5.74, 6) is 1.84. The Morgan fingerprint density at radius 3 is 2.93 bits per heavy atom. The van der Waals surface area contributed by atoms with Crippen molar-refractivity contribution in [3.05, 3.63) is 60.4 Å². The molecule has 0 amide bonds. The number of nitrogens with zero attached hydrogens (tertiary/aromatic N) is 3. The summed E-state index contributed by atoms with van der Waals surface area (Å²) in [6.45, 7) is 5.34. The van der Waals surface area contributed by atoms with Crippen LogP contribution in [-0.4, -0.2) is 41.2 Å². The van der Waals surface area contributed by atoms with Gasteiger partial charge < -0.3 is 19.9 Å². The van der Waals surface area contributed by atoms with Crippen LogP contribution in [0, 0.1) is 0 Å². The van der Waals surface area contributed by atoms with E-state index in [9.17, 15) is 0 Å². The van der Waals surface area contributed by atoms with Crippen LogP contribution in [0.5, 0.6) is 5.75 Å². The lowest BCUT2D eigenvalue weighted by atomic mass is 10.1. The molecule has 28 heavy (non-hydrogen) atoms. The summed E-state index contributed by atoms with van der Waals surface area (Å²) in [5, 5.41) is 6.74. The number of para-hydroxylation sites is 3. The Hall–Kier alpha value is -3.02. The molecule has 0 aliphatic carbocycles. The molecule has 0 bridgehead atoms. The van der Waals surface area contributed by atoms with Gasteiger partial charge in [0, 0.05) is 26.1 Å². The molecule has 3 aromatic rings. The molecule has 6 heteroatoms. The minimum atomic E-state index is 0.116. The second-order valence-corrected chi connectivity index (χ2v) is 6.98. The number of hydrogen-bond acceptors (Lipinski definition) is 3. The van der Waals surface area contributed by atoms with Crippen LogP contribution >= 0.6 is 0 Å². The quantitative estimate of drug-likeness (QED) is 0.377. The molecule has 146 valence electrons. The zero-order valence-corrected chi connectivity index (χ0v) is 16.3. The molecule has 1 aliphatic heterocycles. The summed E-state index contributed by atoms with van der Waals surface area (Å²) in [7, 11) is 0. The Morgan fingerprint density at radius 2 is 2.04 bits per heavy atom. The van der Waals surface area contributed by atoms with Crippen molar-refractivity contribution < 1.29 is 4.74 Å². The largest absolute Gasteiger partial charge is 0.488 e. The normalized spacial score (nSPS) is 16.0. The highest BCUT2D eigenvalue weighted by atomic mass is 16.5. The van der Waals surface area contributed by atoms with Gasteiger partial charge in [-0.25, -0.2) is 9.98 Å². The molecule has 0 saturated carbocycles. The maximum absolute atomic E-state index is 5.98. The summed E-state index contributed by atoms with van der Waals surface area (Å²) in [5.41, 5.74) is 3.50. The van der Waals surface area contributed by atoms with E-state index < -0.39 is 0 Å². The van der Waals surface area contributed by atoms with Gasteiger partial charge in [-0.2, -0.15) is 0 Å². The standard InChI is InChI=1S/C22H27N5O/c1-2-23-22(25-15-18-14-17-8-3-6-11-21(17)28-18)24-12-7-13-27-16-26-19-9-4-5-10-20(19)27/h3-6,8-11,16,18H,2,7,12-15H2,1H3,(H2,23,24,25). The molecular formula is C22H27N5O. The minimum absolute atomic E-state index is 0.116. The predicted molar refractivity (Wildman–Crippen MR) is 113 cm³/mol. The fourth-order valence-electron chi connectivity index (χ4n) is 3.54. The van der Waals surface area contributed by atoms with Crippen molar-refractivity contribution in [3.8, 4) is 5.75 Å². The van der Waals surface area contributed by atoms with E-state index in [1.54, 1.807) is 0 Å². The van der Waals surface area contributed by atoms with Crippen molar-refractivity contribution in [3.63, 3.8) is 0 Å². The van der Waals surface area contributed by atoms with Gasteiger partial charge in [0.2, 0.25) is 0 Å². The summed E-state index contributed by atoms with van der Waals surface area (Å²) < 4.78 is 8.18. The summed E-state index contributed by atoms with van der Waals surface area (Å²) in [6, 6.07) is 16.5. The number of aliphatic imine (C=N–C) groups is 1. The molecule has 0 fully saturated rings. The van der Waals surface area contributed by atoms with Crippen LogP contribution in [-0.2, 0) is 13.0 Å². The number of rotatable bonds is 7. The Morgan fingerprint density at radius 1 is 1.18 bits per heavy atom. The molecule has 1 unspecified atom stereocenters. The highest BCUT2D eigenvalue weighted by molar-refractivity contribution is 5.79. The van der Waals surface area contributed by atoms with Crippen molar-refractivity contribution in [1.29, 1.82) is 0 Å². The van der Waals surface area contributed by atoms with Crippen molar-refractivity contribution in [2.75, 3.05) is 19.6 Å². The number of hydrogen-bond donors (Lipinski definition) is 2. The Balaban J connectivity index is 1.26. The molecule has 1 aliphatic rings. The molecule has 6 nitrogen and oxygen atoms in total. The van der Waals surface area contributed by atoms with E-state index in [4.69, 9.17) is 9.73 Å². The molecule has 4 rings (SSSR count). The van der Waals surface area contributed by atoms with E-state index in [1.165, 1.54) is 11.1 Å². The lowest BCUT2D eigenvalue weighted by molar-refractivity contribution is 0.241. The first kappa shape index (κ1) is 18.3. The molecule has 2 N–H and O–H groups in total. The summed E-state index contributed by atoms with van der Waals surface area (Å²) >= 11 is 0. The third kappa shape index (κ3) is 4.27. The second kappa shape index (κ2) is 8.78. The van der Waals surface area contributed by atoms with Crippen LogP contribution in [0.1, 0.15) is 18.9 Å². The van der Waals surface area contributed by atoms with Gasteiger partial charge in [0.05, 0.1) is 23.9 Å². The lowest BCUT2D eigenvalue weighted by Crippen LogP contribution is -2.38. The van der Waals surface area contributed by atoms with Gasteiger partial charge in [0.15, 0.2) is 5.96 Å². The Kier molecular flexibility index (Phi) is 5.75. The first-order chi connectivity index (χ1) is 13.8. The molecular weight excluding hydrogens is 350 g/mol. The van der Waals surface area contributed by atoms with Gasteiger partial charge in [-0.3, -0.25) is 0 Å². The smallest absolute Gasteiger partial charge is 0.191 e. The van der Waals surface area contributed by atoms with Crippen LogP contribution in [0.4, 0.5) is 0 Å². The molecule has 0 spiro atoms. The molecule has 0 saturated heterocycles. The Labute approximate surface area is 165 Å². The van der Waals surface area contributed by atoms with Crippen LogP contribution < -0.4 is 15.4 Å². The van der Waals surface area contributed by atoms with Gasteiger partial charge >= 0.3 is 0 Å². The van der Waals surface area contributed by atoms with Crippen LogP contribution in [0.25, 0.3) is 11.0 Å². The number of aryl methyl sites for hydroxylation is 1. The summed E-state index contributed by atoms with van der Waals surface area (Å²) in [6.07, 6.45) is 3.95. The van der Waals surface area contributed by atoms with Crippen molar-refractivity contribution >= 4 is 17.0 Å². The molecule has 2 heterocycles. The van der Waals surface area contributed by atoms with Gasteiger partial charge in [0.25, 0.3) is 0 Å². The van der Waals surface area contributed by atoms with Gasteiger partial charge in [-0.05, 0) is 37.1 Å². The van der Waals surface area contributed by atoms with Gasteiger partial charge in [-0.15, -0.1) is 0 Å². The highest BCUT2D eigenvalue weighted by Gasteiger charge is 2.21. The number of fused-ring (bicyclic) bond motifs is 2. The SMILES string of the molecule is CCNC(=NCC1Cc2ccccc2O1)NCCCn1cnc2ccccc21. The second-order valence-electron chi connectivity index (χ2n) is 6.98. The average molecular weight is 377 g/mol. The van der Waals surface area contributed by atoms with E-state index in [2.05, 4.69) is 51.4 Å². The summed E-state index contributed by atoms with van der Waals surface area (Å²) in [4.78, 5) is 9.16. The average Bonchev–Trinajstić information content (AvgIpc) is 3.33. The third-order valence-electron chi connectivity index (χ3n) is 4.91. The first-order valence-electron chi connectivity index (χ1n) is 10.00. The number of aromatic nitrogens is 2. The van der Waals surface area contributed by atoms with E-state index in [0.29, 0.717) is 6.54 Å². The third-order valence-corrected chi connectivity index (χ3v) is 4.91. The lowest BCUT2D eigenvalue weighted by Gasteiger charge is -2.13. The zero-order chi connectivity index (χ0) is 19.2. The van der Waals surface area contributed by atoms with Gasteiger partial charge in [0.1, 0.15) is 11.9 Å². The Bertz CT molecular complexity index is 924. The van der Waals surface area contributed by atoms with Crippen molar-refractivity contribution in [2.24, 2.45) is 4.99 Å². The maximum Gasteiger partial charge on any atom is 0.191 e. The molecule has 0 radical (unpaired) electrons. The predicted octanol–water partition coefficient (Wildman–Crippen LogP) is 2.99. The molecule has 1 aromatic heterocycles. The number of imidazole rings is 1. The van der Waals surface area contributed by atoms with E-state index in [-0.39, 0.29) is 6.10 Å². The van der Waals surface area contributed by atoms with Crippen LogP contribution in [0.3, 0.4) is 0 Å². The van der Waals surface area contributed by atoms with Gasteiger partial charge in [-0.1, -0.05) is 30.3 Å². The monoisotopic (exact) mass is 377 g/mol. The number of guanidine groups is 1. The van der Waals surface area contributed by atoms with E-state index in [0.717, 1.165) is 49.7 Å². The minimum Gasteiger partial charge on any atom is -0.488 e. The van der Waals surface area contributed by atoms with Crippen molar-refractivity contribution in [1.82, 2.24) is 20.2 Å². The number of ether oxygens (including phenoxy) is 1.